The number of hydrogen-bond donors (Lipinski definition) is 0. The second-order valence-electron chi connectivity index (χ2n) is 2.46. The monoisotopic (exact) mass is 154 g/mol. The first-order chi connectivity index (χ1) is 4.42. The highest BCUT2D eigenvalue weighted by Gasteiger charge is 2.31. The highest BCUT2D eigenvalue weighted by Crippen LogP contribution is 2.17. The van der Waals surface area contributed by atoms with Crippen LogP contribution in [0.25, 0.3) is 0 Å². The van der Waals surface area contributed by atoms with Crippen LogP contribution in [0.2, 0.25) is 0 Å². The molecule has 0 fully saturated rings. The van der Waals surface area contributed by atoms with Gasteiger partial charge in [0.25, 0.3) is 0 Å². The van der Waals surface area contributed by atoms with Gasteiger partial charge in [-0.05, 0) is 20.8 Å². The maximum absolute atomic E-state index is 11.8. The summed E-state index contributed by atoms with van der Waals surface area (Å²) in [4.78, 5) is 0. The Kier molecular flexibility index (Phi) is 2.83. The molecule has 0 heterocycles. The average molecular weight is 154 g/mol. The third kappa shape index (κ3) is 1.70. The average Bonchev–Trinajstić information content (AvgIpc) is 1.86. The van der Waals surface area contributed by atoms with Gasteiger partial charge in [0.15, 0.2) is 0 Å². The Balaban J connectivity index is 4.40. The predicted octanol–water partition coefficient (Wildman–Crippen LogP) is 2.18. The number of nitrogens with zero attached hydrogens (tertiary/aromatic N) is 2. The lowest BCUT2D eigenvalue weighted by molar-refractivity contribution is -0.198. The lowest BCUT2D eigenvalue weighted by Gasteiger charge is -2.22. The third-order valence-corrected chi connectivity index (χ3v) is 1.43. The maximum Gasteiger partial charge on any atom is 0.118 e. The Labute approximate surface area is 57.2 Å². The molecular formula is C5H9F3N2. The number of hydrogen-bond acceptors (Lipinski definition) is 2. The van der Waals surface area contributed by atoms with E-state index in [1.54, 1.807) is 0 Å². The molecule has 0 atom stereocenters. The van der Waals surface area contributed by atoms with Crippen molar-refractivity contribution in [1.82, 2.24) is 5.34 Å². The van der Waals surface area contributed by atoms with Crippen LogP contribution in [0.3, 0.4) is 0 Å². The second kappa shape index (κ2) is 3.01. The molecule has 0 unspecified atom stereocenters. The molecule has 5 heteroatoms. The minimum absolute atomic E-state index is 0.252. The van der Waals surface area contributed by atoms with E-state index in [0.717, 1.165) is 0 Å². The van der Waals surface area contributed by atoms with Gasteiger partial charge in [0.1, 0.15) is 5.54 Å². The molecule has 0 amide bonds. The first-order valence-corrected chi connectivity index (χ1v) is 2.70. The van der Waals surface area contributed by atoms with Gasteiger partial charge in [-0.15, -0.1) is 8.96 Å². The van der Waals surface area contributed by atoms with Crippen molar-refractivity contribution >= 4 is 5.71 Å². The normalized spacial score (nSPS) is 14.5. The van der Waals surface area contributed by atoms with Crippen molar-refractivity contribution in [1.29, 1.82) is 0 Å². The van der Waals surface area contributed by atoms with Crippen molar-refractivity contribution < 1.29 is 13.4 Å². The van der Waals surface area contributed by atoms with E-state index >= 15 is 0 Å². The molecule has 0 aliphatic rings. The molecule has 10 heavy (non-hydrogen) atoms. The topological polar surface area (TPSA) is 15.6 Å². The van der Waals surface area contributed by atoms with E-state index < -0.39 is 10.9 Å². The maximum atomic E-state index is 11.8. The second-order valence-corrected chi connectivity index (χ2v) is 2.46. The van der Waals surface area contributed by atoms with E-state index in [0.29, 0.717) is 0 Å². The quantitative estimate of drug-likeness (QED) is 0.439. The molecule has 0 aliphatic carbocycles. The minimum Gasteiger partial charge on any atom is -0.101 e. The summed E-state index contributed by atoms with van der Waals surface area (Å²) in [5, 5.41) is 1.10. The van der Waals surface area contributed by atoms with Crippen molar-refractivity contribution in [3.05, 3.63) is 0 Å². The molecule has 0 saturated carbocycles. The summed E-state index contributed by atoms with van der Waals surface area (Å²) in [5.41, 5.74) is -1.87. The Bertz CT molecular complexity index is 142. The van der Waals surface area contributed by atoms with Gasteiger partial charge in [-0.25, -0.2) is 0 Å². The van der Waals surface area contributed by atoms with E-state index in [9.17, 15) is 13.4 Å². The van der Waals surface area contributed by atoms with E-state index in [2.05, 4.69) is 5.21 Å². The predicted molar refractivity (Wildman–Crippen MR) is 32.4 cm³/mol. The van der Waals surface area contributed by atoms with Crippen LogP contribution in [-0.2, 0) is 0 Å². The van der Waals surface area contributed by atoms with Crippen LogP contribution in [0.15, 0.2) is 5.21 Å². The van der Waals surface area contributed by atoms with Crippen LogP contribution in [0.4, 0.5) is 13.4 Å². The van der Waals surface area contributed by atoms with Crippen LogP contribution in [0.1, 0.15) is 20.8 Å². The van der Waals surface area contributed by atoms with E-state index in [4.69, 9.17) is 0 Å². The lowest BCUT2D eigenvalue weighted by Crippen LogP contribution is -2.39. The highest BCUT2D eigenvalue weighted by molar-refractivity contribution is 5.89. The summed E-state index contributed by atoms with van der Waals surface area (Å²) < 4.78 is 35.1. The fraction of sp³-hybridized carbons (Fsp3) is 0.800. The van der Waals surface area contributed by atoms with E-state index in [-0.39, 0.29) is 5.71 Å². The van der Waals surface area contributed by atoms with Gasteiger partial charge in [0.2, 0.25) is 0 Å². The first kappa shape index (κ1) is 9.42. The lowest BCUT2D eigenvalue weighted by atomic mass is 10.0. The van der Waals surface area contributed by atoms with Crippen molar-refractivity contribution in [3.63, 3.8) is 0 Å². The Hall–Kier alpha value is -0.580. The van der Waals surface area contributed by atoms with Crippen LogP contribution >= 0.6 is 0 Å². The fourth-order valence-electron chi connectivity index (χ4n) is 0.226. The summed E-state index contributed by atoms with van der Waals surface area (Å²) >= 11 is 0. The minimum atomic E-state index is -1.62. The van der Waals surface area contributed by atoms with Crippen molar-refractivity contribution in [2.45, 2.75) is 26.3 Å². The molecule has 0 radical (unpaired) electrons. The molecule has 0 aromatic carbocycles. The fourth-order valence-corrected chi connectivity index (χ4v) is 0.226. The molecule has 0 N–H and O–H groups in total. The third-order valence-electron chi connectivity index (χ3n) is 1.43. The van der Waals surface area contributed by atoms with Crippen molar-refractivity contribution in [2.75, 3.05) is 0 Å². The smallest absolute Gasteiger partial charge is 0.101 e. The SMILES string of the molecule is C/C(=N\F)C(C)(C)N(F)F. The molecule has 0 bridgehead atoms. The highest BCUT2D eigenvalue weighted by atomic mass is 19.4. The van der Waals surface area contributed by atoms with Crippen molar-refractivity contribution in [2.24, 2.45) is 5.21 Å². The summed E-state index contributed by atoms with van der Waals surface area (Å²) in [6, 6.07) is 0. The summed E-state index contributed by atoms with van der Waals surface area (Å²) in [7, 11) is 0. The standard InChI is InChI=1S/C5H9F3N2/c1-4(9-6)5(2,3)10(7)8/h1-3H3/b9-4+. The van der Waals surface area contributed by atoms with Gasteiger partial charge in [-0.1, -0.05) is 9.70 Å². The van der Waals surface area contributed by atoms with Gasteiger partial charge in [-0.3, -0.25) is 0 Å². The first-order valence-electron chi connectivity index (χ1n) is 2.70. The molecule has 0 aliphatic heterocycles. The molecule has 0 aromatic heterocycles. The zero-order chi connectivity index (χ0) is 8.36. The summed E-state index contributed by atoms with van der Waals surface area (Å²) in [5.74, 6) is 0. The van der Waals surface area contributed by atoms with Gasteiger partial charge in [0.05, 0.1) is 5.71 Å². The van der Waals surface area contributed by atoms with E-state index in [1.807, 2.05) is 0 Å². The van der Waals surface area contributed by atoms with Crippen LogP contribution in [0, 0.1) is 0 Å². The molecule has 0 saturated heterocycles. The Morgan fingerprint density at radius 1 is 1.40 bits per heavy atom. The molecular weight excluding hydrogens is 145 g/mol. The molecule has 0 spiro atoms. The molecule has 0 aromatic rings. The van der Waals surface area contributed by atoms with Crippen LogP contribution < -0.4 is 0 Å². The summed E-state index contributed by atoms with van der Waals surface area (Å²) in [6.45, 7) is 3.54. The van der Waals surface area contributed by atoms with E-state index in [1.165, 1.54) is 20.8 Å². The van der Waals surface area contributed by atoms with Gasteiger partial charge in [0, 0.05) is 5.34 Å². The van der Waals surface area contributed by atoms with Gasteiger partial charge >= 0.3 is 0 Å². The van der Waals surface area contributed by atoms with Gasteiger partial charge < -0.3 is 0 Å². The zero-order valence-electron chi connectivity index (χ0n) is 6.03. The summed E-state index contributed by atoms with van der Waals surface area (Å²) in [6.07, 6.45) is 0. The number of rotatable bonds is 2. The van der Waals surface area contributed by atoms with Crippen LogP contribution in [-0.4, -0.2) is 16.6 Å². The molecule has 60 valence electrons. The van der Waals surface area contributed by atoms with Crippen molar-refractivity contribution in [3.8, 4) is 0 Å². The van der Waals surface area contributed by atoms with Crippen LogP contribution in [0.5, 0.6) is 0 Å². The Morgan fingerprint density at radius 3 is 1.90 bits per heavy atom. The van der Waals surface area contributed by atoms with Gasteiger partial charge in [-0.2, -0.15) is 0 Å². The Morgan fingerprint density at radius 2 is 1.80 bits per heavy atom. The molecule has 0 rings (SSSR count). The zero-order valence-corrected chi connectivity index (χ0v) is 6.03. The largest absolute Gasteiger partial charge is 0.118 e. The number of halogens is 3. The molecule has 2 nitrogen and oxygen atoms in total.